The molecule has 4 heteroatoms. The number of aromatic nitrogens is 1. The molecule has 0 amide bonds. The van der Waals surface area contributed by atoms with Crippen molar-refractivity contribution in [3.8, 4) is 22.4 Å². The Kier molecular flexibility index (Phi) is 3.77. The molecule has 0 aliphatic carbocycles. The van der Waals surface area contributed by atoms with Gasteiger partial charge in [0.05, 0.1) is 11.4 Å². The molecule has 0 radical (unpaired) electrons. The van der Waals surface area contributed by atoms with Crippen LogP contribution in [0.25, 0.3) is 22.4 Å². The van der Waals surface area contributed by atoms with Gasteiger partial charge in [0.25, 0.3) is 0 Å². The molecule has 1 aliphatic rings. The summed E-state index contributed by atoms with van der Waals surface area (Å²) in [4.78, 5) is 0. The fraction of sp³-hybridized carbons (Fsp3) is 0.238. The first-order valence-corrected chi connectivity index (χ1v) is 8.72. The van der Waals surface area contributed by atoms with Gasteiger partial charge >= 0.3 is 0 Å². The number of nitrogens with one attached hydrogen (secondary N) is 2. The molecule has 0 saturated heterocycles. The molecule has 0 spiro atoms. The number of hydrazine groups is 2. The van der Waals surface area contributed by atoms with E-state index in [9.17, 15) is 0 Å². The van der Waals surface area contributed by atoms with Crippen LogP contribution in [0.4, 0.5) is 11.4 Å². The number of rotatable bonds is 3. The Balaban J connectivity index is 1.73. The van der Waals surface area contributed by atoms with E-state index in [0.717, 1.165) is 5.69 Å². The van der Waals surface area contributed by atoms with Crippen LogP contribution in [0.1, 0.15) is 19.4 Å². The van der Waals surface area contributed by atoms with Crippen molar-refractivity contribution in [3.63, 3.8) is 0 Å². The highest BCUT2D eigenvalue weighted by molar-refractivity contribution is 5.81. The summed E-state index contributed by atoms with van der Waals surface area (Å²) in [6.45, 7) is 6.50. The Hall–Kier alpha value is -2.72. The number of fused-ring (bicyclic) bond motifs is 1. The average molecular weight is 332 g/mol. The summed E-state index contributed by atoms with van der Waals surface area (Å²) in [6, 6.07) is 17.8. The minimum absolute atomic E-state index is 0.391. The van der Waals surface area contributed by atoms with E-state index in [4.69, 9.17) is 0 Å². The Morgan fingerprint density at radius 3 is 2.52 bits per heavy atom. The molecular formula is C21H24N4. The largest absolute Gasteiger partial charge is 0.350 e. The molecule has 3 aromatic rings. The topological polar surface area (TPSA) is 32.2 Å². The monoisotopic (exact) mass is 332 g/mol. The standard InChI is InChI=1S/C21H24N4/c1-14(2)25-20-10-9-16(11-19(20)22-23-25)21-12-17(13-24(21)4)18-8-6-5-7-15(18)3/h5-14,22-23H,1-4H3. The van der Waals surface area contributed by atoms with Gasteiger partial charge in [-0.05, 0) is 50.1 Å². The Morgan fingerprint density at radius 2 is 1.76 bits per heavy atom. The summed E-state index contributed by atoms with van der Waals surface area (Å²) in [5, 5.41) is 2.14. The molecule has 0 bridgehead atoms. The average Bonchev–Trinajstić information content (AvgIpc) is 3.18. The second kappa shape index (κ2) is 5.97. The molecule has 25 heavy (non-hydrogen) atoms. The van der Waals surface area contributed by atoms with Gasteiger partial charge in [-0.1, -0.05) is 30.3 Å². The summed E-state index contributed by atoms with van der Waals surface area (Å²) in [5.74, 6) is 0. The number of anilines is 2. The van der Waals surface area contributed by atoms with Gasteiger partial charge in [0, 0.05) is 36.1 Å². The number of benzene rings is 2. The highest BCUT2D eigenvalue weighted by atomic mass is 15.7. The van der Waals surface area contributed by atoms with Crippen molar-refractivity contribution in [2.75, 3.05) is 10.4 Å². The van der Waals surface area contributed by atoms with Crippen molar-refractivity contribution < 1.29 is 0 Å². The van der Waals surface area contributed by atoms with Crippen LogP contribution in [-0.2, 0) is 7.05 Å². The molecule has 0 fully saturated rings. The van der Waals surface area contributed by atoms with E-state index in [1.807, 2.05) is 0 Å². The quantitative estimate of drug-likeness (QED) is 0.727. The highest BCUT2D eigenvalue weighted by Crippen LogP contribution is 2.36. The van der Waals surface area contributed by atoms with Crippen LogP contribution < -0.4 is 16.0 Å². The lowest BCUT2D eigenvalue weighted by Gasteiger charge is -2.22. The Bertz CT molecular complexity index is 923. The van der Waals surface area contributed by atoms with Crippen LogP contribution in [0.2, 0.25) is 0 Å². The zero-order valence-corrected chi connectivity index (χ0v) is 15.2. The minimum Gasteiger partial charge on any atom is -0.350 e. The minimum atomic E-state index is 0.391. The predicted octanol–water partition coefficient (Wildman–Crippen LogP) is 4.73. The molecule has 2 aromatic carbocycles. The number of hydrogen-bond donors (Lipinski definition) is 2. The van der Waals surface area contributed by atoms with E-state index < -0.39 is 0 Å². The molecule has 2 heterocycles. The molecule has 1 aliphatic heterocycles. The fourth-order valence-electron chi connectivity index (χ4n) is 3.49. The molecule has 0 atom stereocenters. The lowest BCUT2D eigenvalue weighted by Crippen LogP contribution is -2.41. The Morgan fingerprint density at radius 1 is 0.960 bits per heavy atom. The van der Waals surface area contributed by atoms with Gasteiger partial charge < -0.3 is 9.99 Å². The first-order valence-electron chi connectivity index (χ1n) is 8.72. The van der Waals surface area contributed by atoms with Crippen molar-refractivity contribution in [1.29, 1.82) is 0 Å². The van der Waals surface area contributed by atoms with Crippen LogP contribution >= 0.6 is 0 Å². The maximum absolute atomic E-state index is 3.28. The molecular weight excluding hydrogens is 308 g/mol. The van der Waals surface area contributed by atoms with E-state index in [2.05, 4.69) is 103 Å². The molecule has 2 N–H and O–H groups in total. The number of aryl methyl sites for hydroxylation is 2. The van der Waals surface area contributed by atoms with E-state index in [0.29, 0.717) is 6.04 Å². The third kappa shape index (κ3) is 2.68. The van der Waals surface area contributed by atoms with Gasteiger partial charge in [-0.3, -0.25) is 5.01 Å². The van der Waals surface area contributed by atoms with Crippen molar-refractivity contribution >= 4 is 11.4 Å². The second-order valence-corrected chi connectivity index (χ2v) is 6.97. The van der Waals surface area contributed by atoms with Gasteiger partial charge in [0.15, 0.2) is 0 Å². The van der Waals surface area contributed by atoms with Crippen molar-refractivity contribution in [3.05, 3.63) is 60.3 Å². The van der Waals surface area contributed by atoms with Gasteiger partial charge in [-0.25, -0.2) is 0 Å². The maximum atomic E-state index is 3.28. The molecule has 4 rings (SSSR count). The third-order valence-corrected chi connectivity index (χ3v) is 4.84. The van der Waals surface area contributed by atoms with Gasteiger partial charge in [0.2, 0.25) is 0 Å². The fourth-order valence-corrected chi connectivity index (χ4v) is 3.49. The van der Waals surface area contributed by atoms with E-state index in [1.165, 1.54) is 33.6 Å². The Labute approximate surface area is 149 Å². The molecule has 128 valence electrons. The number of nitrogens with zero attached hydrogens (tertiary/aromatic N) is 2. The van der Waals surface area contributed by atoms with Crippen LogP contribution in [0.15, 0.2) is 54.7 Å². The molecule has 1 aromatic heterocycles. The molecule has 0 saturated carbocycles. The van der Waals surface area contributed by atoms with Crippen LogP contribution in [-0.4, -0.2) is 10.6 Å². The third-order valence-electron chi connectivity index (χ3n) is 4.84. The molecule has 4 nitrogen and oxygen atoms in total. The summed E-state index contributed by atoms with van der Waals surface area (Å²) >= 11 is 0. The summed E-state index contributed by atoms with van der Waals surface area (Å²) in [5.41, 5.74) is 15.1. The smallest absolute Gasteiger partial charge is 0.0786 e. The van der Waals surface area contributed by atoms with Crippen LogP contribution in [0.5, 0.6) is 0 Å². The van der Waals surface area contributed by atoms with Gasteiger partial charge in [0.1, 0.15) is 0 Å². The van der Waals surface area contributed by atoms with Crippen molar-refractivity contribution in [2.24, 2.45) is 7.05 Å². The summed E-state index contributed by atoms with van der Waals surface area (Å²) < 4.78 is 2.20. The molecule has 0 unspecified atom stereocenters. The van der Waals surface area contributed by atoms with E-state index >= 15 is 0 Å². The lowest BCUT2D eigenvalue weighted by atomic mass is 10.0. The lowest BCUT2D eigenvalue weighted by molar-refractivity contribution is 0.633. The van der Waals surface area contributed by atoms with Crippen LogP contribution in [0, 0.1) is 6.92 Å². The SMILES string of the molecule is Cc1ccccc1-c1cc(-c2ccc3c(c2)NNN3C(C)C)n(C)c1. The van der Waals surface area contributed by atoms with Gasteiger partial charge in [-0.15, -0.1) is 5.53 Å². The van der Waals surface area contributed by atoms with Crippen molar-refractivity contribution in [2.45, 2.75) is 26.8 Å². The zero-order valence-electron chi connectivity index (χ0n) is 15.2. The first kappa shape index (κ1) is 15.8. The zero-order chi connectivity index (χ0) is 17.6. The van der Waals surface area contributed by atoms with Crippen molar-refractivity contribution in [1.82, 2.24) is 10.1 Å². The number of hydrogen-bond acceptors (Lipinski definition) is 3. The second-order valence-electron chi connectivity index (χ2n) is 6.97. The highest BCUT2D eigenvalue weighted by Gasteiger charge is 2.21. The van der Waals surface area contributed by atoms with E-state index in [1.54, 1.807) is 0 Å². The van der Waals surface area contributed by atoms with E-state index in [-0.39, 0.29) is 0 Å². The predicted molar refractivity (Wildman–Crippen MR) is 105 cm³/mol. The summed E-state index contributed by atoms with van der Waals surface area (Å²) in [6.07, 6.45) is 2.21. The van der Waals surface area contributed by atoms with Gasteiger partial charge in [-0.2, -0.15) is 0 Å². The first-order chi connectivity index (χ1) is 12.0. The van der Waals surface area contributed by atoms with Crippen LogP contribution in [0.3, 0.4) is 0 Å². The normalized spacial score (nSPS) is 13.2. The summed E-state index contributed by atoms with van der Waals surface area (Å²) in [7, 11) is 2.11. The maximum Gasteiger partial charge on any atom is 0.0786 e.